The van der Waals surface area contributed by atoms with Gasteiger partial charge in [0.2, 0.25) is 5.91 Å². The molecule has 74 valence electrons. The molecule has 1 amide bonds. The molecule has 0 radical (unpaired) electrons. The molecule has 0 atom stereocenters. The van der Waals surface area contributed by atoms with Crippen LogP contribution in [0.5, 0.6) is 0 Å². The summed E-state index contributed by atoms with van der Waals surface area (Å²) < 4.78 is 0. The summed E-state index contributed by atoms with van der Waals surface area (Å²) in [5.41, 5.74) is 0. The average Bonchev–Trinajstić information content (AvgIpc) is 1.96. The molecule has 0 aromatic rings. The molecule has 0 aliphatic carbocycles. The van der Waals surface area contributed by atoms with Gasteiger partial charge in [-0.2, -0.15) is 0 Å². The summed E-state index contributed by atoms with van der Waals surface area (Å²) in [6.07, 6.45) is 1.80. The van der Waals surface area contributed by atoms with Crippen molar-refractivity contribution in [2.24, 2.45) is 10.9 Å². The van der Waals surface area contributed by atoms with E-state index < -0.39 is 0 Å². The summed E-state index contributed by atoms with van der Waals surface area (Å²) in [4.78, 5) is 15.2. The SMILES string of the molecule is CC(C)C=NCC(=O)NC1CNC1. The van der Waals surface area contributed by atoms with E-state index in [2.05, 4.69) is 15.6 Å². The first kappa shape index (κ1) is 10.2. The maximum atomic E-state index is 11.2. The third kappa shape index (κ3) is 4.03. The van der Waals surface area contributed by atoms with Crippen molar-refractivity contribution in [3.05, 3.63) is 0 Å². The number of nitrogens with one attached hydrogen (secondary N) is 2. The second kappa shape index (κ2) is 4.97. The number of carbonyl (C=O) groups is 1. The second-order valence-electron chi connectivity index (χ2n) is 3.66. The van der Waals surface area contributed by atoms with E-state index in [1.165, 1.54) is 0 Å². The van der Waals surface area contributed by atoms with E-state index in [1.807, 2.05) is 13.8 Å². The zero-order chi connectivity index (χ0) is 9.68. The molecular weight excluding hydrogens is 166 g/mol. The molecule has 4 heteroatoms. The lowest BCUT2D eigenvalue weighted by Gasteiger charge is -2.27. The molecule has 0 aromatic heterocycles. The third-order valence-electron chi connectivity index (χ3n) is 1.79. The summed E-state index contributed by atoms with van der Waals surface area (Å²) in [6, 6.07) is 0.321. The van der Waals surface area contributed by atoms with E-state index in [-0.39, 0.29) is 12.5 Å². The van der Waals surface area contributed by atoms with Crippen molar-refractivity contribution >= 4 is 12.1 Å². The fraction of sp³-hybridized carbons (Fsp3) is 0.778. The van der Waals surface area contributed by atoms with E-state index >= 15 is 0 Å². The van der Waals surface area contributed by atoms with Crippen LogP contribution < -0.4 is 10.6 Å². The fourth-order valence-corrected chi connectivity index (χ4v) is 1.01. The topological polar surface area (TPSA) is 53.5 Å². The number of aliphatic imine (C=N–C) groups is 1. The highest BCUT2D eigenvalue weighted by Crippen LogP contribution is 1.90. The molecule has 0 unspecified atom stereocenters. The van der Waals surface area contributed by atoms with Crippen LogP contribution in [-0.4, -0.2) is 37.8 Å². The second-order valence-corrected chi connectivity index (χ2v) is 3.66. The first-order valence-electron chi connectivity index (χ1n) is 4.68. The minimum absolute atomic E-state index is 0.0170. The standard InChI is InChI=1S/C9H17N3O/c1-7(2)3-10-6-9(13)12-8-4-11-5-8/h3,7-8,11H,4-6H2,1-2H3,(H,12,13). The smallest absolute Gasteiger partial charge is 0.241 e. The van der Waals surface area contributed by atoms with Crippen LogP contribution in [0.1, 0.15) is 13.8 Å². The van der Waals surface area contributed by atoms with Crippen molar-refractivity contribution in [2.45, 2.75) is 19.9 Å². The number of hydrogen-bond acceptors (Lipinski definition) is 3. The molecule has 1 fully saturated rings. The van der Waals surface area contributed by atoms with Gasteiger partial charge >= 0.3 is 0 Å². The van der Waals surface area contributed by atoms with Crippen LogP contribution in [0.15, 0.2) is 4.99 Å². The van der Waals surface area contributed by atoms with Gasteiger partial charge < -0.3 is 10.6 Å². The lowest BCUT2D eigenvalue weighted by molar-refractivity contribution is -0.120. The van der Waals surface area contributed by atoms with Crippen molar-refractivity contribution < 1.29 is 4.79 Å². The minimum Gasteiger partial charge on any atom is -0.349 e. The predicted octanol–water partition coefficient (Wildman–Crippen LogP) is -0.199. The third-order valence-corrected chi connectivity index (χ3v) is 1.79. The zero-order valence-corrected chi connectivity index (χ0v) is 8.21. The Morgan fingerprint density at radius 3 is 2.85 bits per heavy atom. The molecule has 0 spiro atoms. The Labute approximate surface area is 78.8 Å². The van der Waals surface area contributed by atoms with Crippen molar-refractivity contribution in [1.82, 2.24) is 10.6 Å². The Balaban J connectivity index is 2.09. The van der Waals surface area contributed by atoms with E-state index in [4.69, 9.17) is 0 Å². The average molecular weight is 183 g/mol. The van der Waals surface area contributed by atoms with Gasteiger partial charge in [-0.25, -0.2) is 0 Å². The van der Waals surface area contributed by atoms with Crippen LogP contribution in [0, 0.1) is 5.92 Å². The Morgan fingerprint density at radius 2 is 2.38 bits per heavy atom. The van der Waals surface area contributed by atoms with Crippen LogP contribution in [0.2, 0.25) is 0 Å². The molecule has 1 saturated heterocycles. The zero-order valence-electron chi connectivity index (χ0n) is 8.21. The Kier molecular flexibility index (Phi) is 3.89. The van der Waals surface area contributed by atoms with Crippen molar-refractivity contribution in [1.29, 1.82) is 0 Å². The molecular formula is C9H17N3O. The molecule has 1 rings (SSSR count). The van der Waals surface area contributed by atoms with E-state index in [0.717, 1.165) is 13.1 Å². The first-order chi connectivity index (χ1) is 6.18. The van der Waals surface area contributed by atoms with Gasteiger partial charge in [0.05, 0.1) is 6.04 Å². The lowest BCUT2D eigenvalue weighted by Crippen LogP contribution is -2.57. The molecule has 0 bridgehead atoms. The van der Waals surface area contributed by atoms with E-state index in [9.17, 15) is 4.79 Å². The Hall–Kier alpha value is -0.900. The lowest BCUT2D eigenvalue weighted by atomic mass is 10.2. The first-order valence-corrected chi connectivity index (χ1v) is 4.68. The summed E-state index contributed by atoms with van der Waals surface area (Å²) in [6.45, 7) is 6.11. The number of amides is 1. The maximum absolute atomic E-state index is 11.2. The summed E-state index contributed by atoms with van der Waals surface area (Å²) in [5.74, 6) is 0.432. The number of rotatable bonds is 4. The molecule has 4 nitrogen and oxygen atoms in total. The predicted molar refractivity (Wildman–Crippen MR) is 53.0 cm³/mol. The highest BCUT2D eigenvalue weighted by atomic mass is 16.1. The Bertz CT molecular complexity index is 197. The number of hydrogen-bond donors (Lipinski definition) is 2. The Morgan fingerprint density at radius 1 is 1.69 bits per heavy atom. The van der Waals surface area contributed by atoms with Gasteiger partial charge in [0.25, 0.3) is 0 Å². The molecule has 13 heavy (non-hydrogen) atoms. The normalized spacial score (nSPS) is 17.8. The molecule has 1 heterocycles. The van der Waals surface area contributed by atoms with Crippen LogP contribution in [-0.2, 0) is 4.79 Å². The maximum Gasteiger partial charge on any atom is 0.241 e. The van der Waals surface area contributed by atoms with Crippen molar-refractivity contribution in [2.75, 3.05) is 19.6 Å². The van der Waals surface area contributed by atoms with Crippen LogP contribution in [0.4, 0.5) is 0 Å². The van der Waals surface area contributed by atoms with Gasteiger partial charge in [-0.05, 0) is 5.92 Å². The van der Waals surface area contributed by atoms with Gasteiger partial charge in [0.1, 0.15) is 6.54 Å². The molecule has 1 aliphatic rings. The van der Waals surface area contributed by atoms with Gasteiger partial charge in [0, 0.05) is 19.3 Å². The quantitative estimate of drug-likeness (QED) is 0.593. The molecule has 1 aliphatic heterocycles. The summed E-state index contributed by atoms with van der Waals surface area (Å²) >= 11 is 0. The van der Waals surface area contributed by atoms with Gasteiger partial charge in [-0.1, -0.05) is 13.8 Å². The van der Waals surface area contributed by atoms with E-state index in [0.29, 0.717) is 12.0 Å². The molecule has 2 N–H and O–H groups in total. The van der Waals surface area contributed by atoms with Gasteiger partial charge in [-0.3, -0.25) is 9.79 Å². The molecule has 0 saturated carbocycles. The molecule has 0 aromatic carbocycles. The number of carbonyl (C=O) groups excluding carboxylic acids is 1. The van der Waals surface area contributed by atoms with E-state index in [1.54, 1.807) is 6.21 Å². The van der Waals surface area contributed by atoms with Crippen molar-refractivity contribution in [3.8, 4) is 0 Å². The van der Waals surface area contributed by atoms with Crippen LogP contribution in [0.25, 0.3) is 0 Å². The largest absolute Gasteiger partial charge is 0.349 e. The van der Waals surface area contributed by atoms with Crippen molar-refractivity contribution in [3.63, 3.8) is 0 Å². The summed E-state index contributed by atoms with van der Waals surface area (Å²) in [7, 11) is 0. The van der Waals surface area contributed by atoms with Crippen LogP contribution in [0.3, 0.4) is 0 Å². The van der Waals surface area contributed by atoms with Crippen LogP contribution >= 0.6 is 0 Å². The summed E-state index contributed by atoms with van der Waals surface area (Å²) in [5, 5.41) is 5.96. The minimum atomic E-state index is 0.0170. The highest BCUT2D eigenvalue weighted by molar-refractivity contribution is 5.80. The van der Waals surface area contributed by atoms with Gasteiger partial charge in [-0.15, -0.1) is 0 Å². The monoisotopic (exact) mass is 183 g/mol. The number of nitrogens with zero attached hydrogens (tertiary/aromatic N) is 1. The fourth-order valence-electron chi connectivity index (χ4n) is 1.01. The van der Waals surface area contributed by atoms with Gasteiger partial charge in [0.15, 0.2) is 0 Å². The highest BCUT2D eigenvalue weighted by Gasteiger charge is 2.17.